The average molecular weight is 532 g/mol. The Morgan fingerprint density at radius 2 is 1.76 bits per heavy atom. The van der Waals surface area contributed by atoms with Gasteiger partial charge < -0.3 is 25.5 Å². The molecule has 1 aromatic carbocycles. The molecule has 0 aliphatic heterocycles. The highest BCUT2D eigenvalue weighted by molar-refractivity contribution is 6.09. The van der Waals surface area contributed by atoms with E-state index in [1.807, 2.05) is 0 Å². The quantitative estimate of drug-likeness (QED) is 0.338. The molecule has 0 unspecified atom stereocenters. The molecular formula is C26H28F3N5O4. The zero-order valence-electron chi connectivity index (χ0n) is 20.7. The third kappa shape index (κ3) is 5.53. The molecular weight excluding hydrogens is 503 g/mol. The minimum atomic E-state index is -4.55. The van der Waals surface area contributed by atoms with Gasteiger partial charge in [-0.1, -0.05) is 0 Å². The van der Waals surface area contributed by atoms with Gasteiger partial charge in [0.25, 0.3) is 5.91 Å². The van der Waals surface area contributed by atoms with Crippen molar-refractivity contribution < 1.29 is 32.6 Å². The summed E-state index contributed by atoms with van der Waals surface area (Å²) in [6, 6.07) is 3.04. The van der Waals surface area contributed by atoms with E-state index in [1.54, 1.807) is 6.92 Å². The second-order valence-corrected chi connectivity index (χ2v) is 10.0. The maximum atomic E-state index is 13.6. The molecule has 2 aliphatic rings. The molecule has 0 radical (unpaired) electrons. The Bertz CT molecular complexity index is 1360. The molecule has 2 aromatic heterocycles. The van der Waals surface area contributed by atoms with Crippen LogP contribution in [0.25, 0.3) is 22.3 Å². The Morgan fingerprint density at radius 1 is 1.08 bits per heavy atom. The molecule has 2 fully saturated rings. The van der Waals surface area contributed by atoms with Crippen molar-refractivity contribution in [3.63, 3.8) is 0 Å². The summed E-state index contributed by atoms with van der Waals surface area (Å²) in [5, 5.41) is 14.4. The van der Waals surface area contributed by atoms with E-state index < -0.39 is 17.8 Å². The number of rotatable bonds is 7. The number of alkyl halides is 3. The van der Waals surface area contributed by atoms with Crippen molar-refractivity contribution in [2.45, 2.75) is 63.7 Å². The maximum absolute atomic E-state index is 13.6. The van der Waals surface area contributed by atoms with Crippen LogP contribution in [0.5, 0.6) is 5.75 Å². The van der Waals surface area contributed by atoms with Gasteiger partial charge in [0, 0.05) is 23.3 Å². The second kappa shape index (κ2) is 10.1. The fourth-order valence-electron chi connectivity index (χ4n) is 4.93. The lowest BCUT2D eigenvalue weighted by Crippen LogP contribution is -2.43. The Hall–Kier alpha value is -3.83. The van der Waals surface area contributed by atoms with Crippen LogP contribution in [0, 0.1) is 12.8 Å². The first kappa shape index (κ1) is 25.8. The van der Waals surface area contributed by atoms with Gasteiger partial charge in [0.1, 0.15) is 23.3 Å². The first-order valence-electron chi connectivity index (χ1n) is 12.6. The van der Waals surface area contributed by atoms with Crippen molar-refractivity contribution in [3.8, 4) is 17.0 Å². The number of aromatic nitrogens is 3. The number of halogens is 3. The molecule has 0 bridgehead atoms. The van der Waals surface area contributed by atoms with E-state index in [9.17, 15) is 22.8 Å². The van der Waals surface area contributed by atoms with Crippen molar-refractivity contribution in [2.24, 2.45) is 5.92 Å². The Morgan fingerprint density at radius 3 is 2.39 bits per heavy atom. The van der Waals surface area contributed by atoms with E-state index in [2.05, 4.69) is 25.6 Å². The number of hydrogen-bond donors (Lipinski definition) is 4. The summed E-state index contributed by atoms with van der Waals surface area (Å²) in [5.74, 6) is 0.325. The zero-order valence-corrected chi connectivity index (χ0v) is 20.7. The topological polar surface area (TPSA) is 129 Å². The van der Waals surface area contributed by atoms with Gasteiger partial charge in [-0.2, -0.15) is 13.2 Å². The van der Waals surface area contributed by atoms with Gasteiger partial charge in [0.15, 0.2) is 0 Å². The Labute approximate surface area is 216 Å². The van der Waals surface area contributed by atoms with Crippen LogP contribution in [-0.4, -0.2) is 50.7 Å². The van der Waals surface area contributed by atoms with Gasteiger partial charge in [-0.25, -0.2) is 14.8 Å². The number of aromatic amines is 1. The second-order valence-electron chi connectivity index (χ2n) is 10.0. The number of amides is 2. The van der Waals surface area contributed by atoms with E-state index in [4.69, 9.17) is 9.84 Å². The first-order chi connectivity index (χ1) is 18.1. The van der Waals surface area contributed by atoms with E-state index >= 15 is 0 Å². The monoisotopic (exact) mass is 531 g/mol. The molecule has 0 atom stereocenters. The van der Waals surface area contributed by atoms with E-state index in [1.165, 1.54) is 12.4 Å². The minimum Gasteiger partial charge on any atom is -0.493 e. The number of carbonyl (C=O) groups is 2. The summed E-state index contributed by atoms with van der Waals surface area (Å²) in [6.07, 6.45) is 0.115. The van der Waals surface area contributed by atoms with Crippen LogP contribution < -0.4 is 15.4 Å². The first-order valence-corrected chi connectivity index (χ1v) is 12.6. The lowest BCUT2D eigenvalue weighted by molar-refractivity contribution is -0.137. The molecule has 2 heterocycles. The Balaban J connectivity index is 1.44. The third-order valence-electron chi connectivity index (χ3n) is 7.12. The van der Waals surface area contributed by atoms with Gasteiger partial charge in [-0.05, 0) is 69.6 Å². The summed E-state index contributed by atoms with van der Waals surface area (Å²) in [4.78, 5) is 35.8. The van der Waals surface area contributed by atoms with Crippen LogP contribution in [0.3, 0.4) is 0 Å². The molecule has 2 aliphatic carbocycles. The van der Waals surface area contributed by atoms with Crippen LogP contribution in [0.1, 0.15) is 60.1 Å². The molecule has 38 heavy (non-hydrogen) atoms. The standard InChI is InChI=1S/C26H28F3N5O4/c1-13-20(24(35)33-16-5-7-17(8-6-16)34-25(36)37)22-23(32-13)21(30-12-31-22)18-10-15(26(27,28)29)4-9-19(18)38-11-14-2-3-14/h4,9-10,12,14,16-17,32,34H,2-3,5-8,11H2,1H3,(H,33,35)(H,36,37). The van der Waals surface area contributed by atoms with E-state index in [0.29, 0.717) is 60.5 Å². The summed E-state index contributed by atoms with van der Waals surface area (Å²) in [5.41, 5.74) is 1.01. The zero-order chi connectivity index (χ0) is 27.0. The fraction of sp³-hybridized carbons (Fsp3) is 0.462. The molecule has 0 saturated heterocycles. The Kier molecular flexibility index (Phi) is 6.89. The van der Waals surface area contributed by atoms with Gasteiger partial charge in [0.05, 0.1) is 23.3 Å². The highest BCUT2D eigenvalue weighted by Gasteiger charge is 2.33. The number of H-pyrrole nitrogens is 1. The number of carbonyl (C=O) groups excluding carboxylic acids is 1. The van der Waals surface area contributed by atoms with Crippen LogP contribution in [0.4, 0.5) is 18.0 Å². The smallest absolute Gasteiger partial charge is 0.416 e. The van der Waals surface area contributed by atoms with Crippen LogP contribution >= 0.6 is 0 Å². The van der Waals surface area contributed by atoms with Crippen LogP contribution in [0.15, 0.2) is 24.5 Å². The number of nitrogens with one attached hydrogen (secondary N) is 3. The van der Waals surface area contributed by atoms with Gasteiger partial charge in [0.2, 0.25) is 0 Å². The molecule has 2 saturated carbocycles. The summed E-state index contributed by atoms with van der Waals surface area (Å²) >= 11 is 0. The number of fused-ring (bicyclic) bond motifs is 1. The molecule has 4 N–H and O–H groups in total. The summed E-state index contributed by atoms with van der Waals surface area (Å²) < 4.78 is 46.6. The van der Waals surface area contributed by atoms with Gasteiger partial charge in [-0.15, -0.1) is 0 Å². The number of hydrogen-bond acceptors (Lipinski definition) is 5. The van der Waals surface area contributed by atoms with Crippen molar-refractivity contribution in [1.82, 2.24) is 25.6 Å². The highest BCUT2D eigenvalue weighted by Crippen LogP contribution is 2.40. The van der Waals surface area contributed by atoms with Gasteiger partial charge >= 0.3 is 12.3 Å². The molecule has 202 valence electrons. The lowest BCUT2D eigenvalue weighted by atomic mass is 9.91. The van der Waals surface area contributed by atoms with Crippen molar-refractivity contribution in [3.05, 3.63) is 41.3 Å². The van der Waals surface area contributed by atoms with Crippen molar-refractivity contribution in [1.29, 1.82) is 0 Å². The van der Waals surface area contributed by atoms with Crippen LogP contribution in [-0.2, 0) is 6.18 Å². The largest absolute Gasteiger partial charge is 0.493 e. The van der Waals surface area contributed by atoms with Crippen molar-refractivity contribution in [2.75, 3.05) is 6.61 Å². The average Bonchev–Trinajstić information content (AvgIpc) is 3.62. The number of nitrogens with zero attached hydrogens (tertiary/aromatic N) is 2. The fourth-order valence-corrected chi connectivity index (χ4v) is 4.93. The summed E-state index contributed by atoms with van der Waals surface area (Å²) in [6.45, 7) is 2.11. The van der Waals surface area contributed by atoms with Gasteiger partial charge in [-0.3, -0.25) is 4.79 Å². The minimum absolute atomic E-state index is 0.133. The maximum Gasteiger partial charge on any atom is 0.416 e. The molecule has 2 amide bonds. The lowest BCUT2D eigenvalue weighted by Gasteiger charge is -2.28. The number of aryl methyl sites for hydroxylation is 1. The van der Waals surface area contributed by atoms with Crippen LogP contribution in [0.2, 0.25) is 0 Å². The number of ether oxygens (including phenoxy) is 1. The molecule has 12 heteroatoms. The van der Waals surface area contributed by atoms with Crippen molar-refractivity contribution >= 4 is 23.0 Å². The number of carboxylic acid groups (broad SMARTS) is 1. The van der Waals surface area contributed by atoms with E-state index in [-0.39, 0.29) is 35.0 Å². The predicted octanol–water partition coefficient (Wildman–Crippen LogP) is 5.05. The molecule has 0 spiro atoms. The number of benzene rings is 1. The molecule has 3 aromatic rings. The summed E-state index contributed by atoms with van der Waals surface area (Å²) in [7, 11) is 0. The predicted molar refractivity (Wildman–Crippen MR) is 132 cm³/mol. The highest BCUT2D eigenvalue weighted by atomic mass is 19.4. The molecule has 5 rings (SSSR count). The molecule has 9 nitrogen and oxygen atoms in total. The SMILES string of the molecule is Cc1[nH]c2c(-c3cc(C(F)(F)F)ccc3OCC3CC3)ncnc2c1C(=O)NC1CCC(NC(=O)O)CC1. The third-order valence-corrected chi connectivity index (χ3v) is 7.12. The van der Waals surface area contributed by atoms with E-state index in [0.717, 1.165) is 25.0 Å². The normalized spacial score (nSPS) is 19.8.